The van der Waals surface area contributed by atoms with Crippen LogP contribution in [0.25, 0.3) is 6.08 Å². The van der Waals surface area contributed by atoms with Crippen LogP contribution in [0.15, 0.2) is 42.5 Å². The van der Waals surface area contributed by atoms with E-state index in [1.807, 2.05) is 6.07 Å². The topological polar surface area (TPSA) is 63.5 Å². The zero-order valence-electron chi connectivity index (χ0n) is 11.7. The summed E-state index contributed by atoms with van der Waals surface area (Å²) in [6.45, 7) is 0.468. The van der Waals surface area contributed by atoms with Crippen molar-refractivity contribution in [1.29, 1.82) is 0 Å². The van der Waals surface area contributed by atoms with Gasteiger partial charge >= 0.3 is 0 Å². The molecule has 1 amide bonds. The molecule has 0 aliphatic heterocycles. The minimum absolute atomic E-state index is 0.00354. The van der Waals surface area contributed by atoms with Crippen LogP contribution >= 0.6 is 22.9 Å². The second-order valence-corrected chi connectivity index (χ2v) is 6.39. The van der Waals surface area contributed by atoms with Gasteiger partial charge in [-0.2, -0.15) is 0 Å². The van der Waals surface area contributed by atoms with Gasteiger partial charge in [-0.05, 0) is 23.8 Å². The molecule has 0 saturated heterocycles. The molecule has 0 saturated carbocycles. The van der Waals surface area contributed by atoms with Crippen molar-refractivity contribution in [1.82, 2.24) is 4.90 Å². The van der Waals surface area contributed by atoms with E-state index in [2.05, 4.69) is 0 Å². The van der Waals surface area contributed by atoms with Crippen molar-refractivity contribution in [3.63, 3.8) is 0 Å². The van der Waals surface area contributed by atoms with Gasteiger partial charge in [0.05, 0.1) is 15.8 Å². The molecule has 1 aromatic heterocycles. The third-order valence-electron chi connectivity index (χ3n) is 2.90. The summed E-state index contributed by atoms with van der Waals surface area (Å²) in [4.78, 5) is 24.8. The minimum atomic E-state index is -0.466. The predicted molar refractivity (Wildman–Crippen MR) is 87.9 cm³/mol. The fraction of sp³-hybridized carbons (Fsp3) is 0.133. The lowest BCUT2D eigenvalue weighted by Crippen LogP contribution is -2.23. The molecule has 0 aliphatic rings. The summed E-state index contributed by atoms with van der Waals surface area (Å²) in [7, 11) is 1.69. The van der Waals surface area contributed by atoms with Crippen molar-refractivity contribution in [3.8, 4) is 0 Å². The number of carbonyl (C=O) groups excluding carboxylic acids is 1. The molecule has 0 aliphatic carbocycles. The van der Waals surface area contributed by atoms with E-state index in [0.717, 1.165) is 4.88 Å². The van der Waals surface area contributed by atoms with E-state index in [4.69, 9.17) is 11.6 Å². The summed E-state index contributed by atoms with van der Waals surface area (Å²) in [5.41, 5.74) is 0.603. The summed E-state index contributed by atoms with van der Waals surface area (Å²) in [5, 5.41) is 10.7. The standard InChI is InChI=1S/C15H13ClN2O3S/c1-17(10-13-6-7-14(16)22-13)15(19)8-5-11-3-2-4-12(9-11)18(20)21/h2-9H,10H2,1H3/b8-5+. The Bertz CT molecular complexity index is 727. The molecule has 0 spiro atoms. The summed E-state index contributed by atoms with van der Waals surface area (Å²) >= 11 is 7.28. The second kappa shape index (κ2) is 7.20. The highest BCUT2D eigenvalue weighted by molar-refractivity contribution is 7.16. The van der Waals surface area contributed by atoms with Gasteiger partial charge in [0.15, 0.2) is 0 Å². The Morgan fingerprint density at radius 3 is 2.82 bits per heavy atom. The van der Waals surface area contributed by atoms with Gasteiger partial charge in [-0.3, -0.25) is 14.9 Å². The molecule has 114 valence electrons. The summed E-state index contributed by atoms with van der Waals surface area (Å²) in [6, 6.07) is 9.78. The van der Waals surface area contributed by atoms with Crippen LogP contribution in [0.5, 0.6) is 0 Å². The van der Waals surface area contributed by atoms with Crippen LogP contribution in [-0.2, 0) is 11.3 Å². The van der Waals surface area contributed by atoms with Gasteiger partial charge in [-0.25, -0.2) is 0 Å². The molecule has 2 rings (SSSR count). The first-order valence-corrected chi connectivity index (χ1v) is 7.57. The molecule has 0 unspecified atom stereocenters. The van der Waals surface area contributed by atoms with E-state index in [9.17, 15) is 14.9 Å². The van der Waals surface area contributed by atoms with Gasteiger partial charge < -0.3 is 4.90 Å². The lowest BCUT2D eigenvalue weighted by molar-refractivity contribution is -0.384. The number of thiophene rings is 1. The van der Waals surface area contributed by atoms with Crippen LogP contribution < -0.4 is 0 Å². The second-order valence-electron chi connectivity index (χ2n) is 4.59. The number of hydrogen-bond acceptors (Lipinski definition) is 4. The van der Waals surface area contributed by atoms with Gasteiger partial charge in [-0.15, -0.1) is 11.3 Å². The Kier molecular flexibility index (Phi) is 5.30. The zero-order valence-corrected chi connectivity index (χ0v) is 13.3. The number of nitrogens with zero attached hydrogens (tertiary/aromatic N) is 2. The van der Waals surface area contributed by atoms with E-state index in [1.165, 1.54) is 29.5 Å². The first kappa shape index (κ1) is 16.2. The highest BCUT2D eigenvalue weighted by Crippen LogP contribution is 2.22. The number of amides is 1. The molecule has 7 heteroatoms. The van der Waals surface area contributed by atoms with Crippen molar-refractivity contribution < 1.29 is 9.72 Å². The van der Waals surface area contributed by atoms with Gasteiger partial charge in [-0.1, -0.05) is 23.7 Å². The third-order valence-corrected chi connectivity index (χ3v) is 4.11. The lowest BCUT2D eigenvalue weighted by atomic mass is 10.2. The molecule has 2 aromatic rings. The van der Waals surface area contributed by atoms with Crippen LogP contribution in [-0.4, -0.2) is 22.8 Å². The number of rotatable bonds is 5. The van der Waals surface area contributed by atoms with E-state index in [-0.39, 0.29) is 11.6 Å². The number of nitro benzene ring substituents is 1. The third kappa shape index (κ3) is 4.41. The van der Waals surface area contributed by atoms with Gasteiger partial charge in [0.25, 0.3) is 5.69 Å². The molecule has 1 aromatic carbocycles. The van der Waals surface area contributed by atoms with Crippen molar-refractivity contribution >= 4 is 40.6 Å². The Hall–Kier alpha value is -2.18. The van der Waals surface area contributed by atoms with Crippen molar-refractivity contribution in [2.24, 2.45) is 0 Å². The maximum Gasteiger partial charge on any atom is 0.270 e. The van der Waals surface area contributed by atoms with E-state index >= 15 is 0 Å². The van der Waals surface area contributed by atoms with E-state index in [0.29, 0.717) is 16.4 Å². The summed E-state index contributed by atoms with van der Waals surface area (Å²) in [6.07, 6.45) is 2.96. The van der Waals surface area contributed by atoms with E-state index in [1.54, 1.807) is 36.2 Å². The molecular weight excluding hydrogens is 324 g/mol. The SMILES string of the molecule is CN(Cc1ccc(Cl)s1)C(=O)/C=C/c1cccc([N+](=O)[O-])c1. The Morgan fingerprint density at radius 1 is 1.41 bits per heavy atom. The van der Waals surface area contributed by atoms with Gasteiger partial charge in [0.1, 0.15) is 0 Å². The number of nitro groups is 1. The normalized spacial score (nSPS) is 10.8. The molecule has 0 radical (unpaired) electrons. The maximum atomic E-state index is 12.0. The molecule has 5 nitrogen and oxygen atoms in total. The number of benzene rings is 1. The van der Waals surface area contributed by atoms with Crippen LogP contribution in [0.2, 0.25) is 4.34 Å². The van der Waals surface area contributed by atoms with Crippen LogP contribution in [0.4, 0.5) is 5.69 Å². The Balaban J connectivity index is 2.01. The average molecular weight is 337 g/mol. The van der Waals surface area contributed by atoms with Crippen LogP contribution in [0, 0.1) is 10.1 Å². The monoisotopic (exact) mass is 336 g/mol. The number of hydrogen-bond donors (Lipinski definition) is 0. The highest BCUT2D eigenvalue weighted by Gasteiger charge is 2.08. The molecule has 1 heterocycles. The van der Waals surface area contributed by atoms with Gasteiger partial charge in [0, 0.05) is 30.1 Å². The molecule has 0 bridgehead atoms. The van der Waals surface area contributed by atoms with Crippen molar-refractivity contribution in [3.05, 3.63) is 67.4 Å². The largest absolute Gasteiger partial charge is 0.337 e. The zero-order chi connectivity index (χ0) is 16.1. The van der Waals surface area contributed by atoms with Crippen molar-refractivity contribution in [2.75, 3.05) is 7.05 Å². The van der Waals surface area contributed by atoms with Crippen molar-refractivity contribution in [2.45, 2.75) is 6.54 Å². The fourth-order valence-electron chi connectivity index (χ4n) is 1.79. The summed E-state index contributed by atoms with van der Waals surface area (Å²) < 4.78 is 0.683. The first-order valence-electron chi connectivity index (χ1n) is 6.37. The number of carbonyl (C=O) groups is 1. The van der Waals surface area contributed by atoms with E-state index < -0.39 is 4.92 Å². The quantitative estimate of drug-likeness (QED) is 0.471. The molecule has 0 atom stereocenters. The summed E-state index contributed by atoms with van der Waals surface area (Å²) in [5.74, 6) is -0.184. The van der Waals surface area contributed by atoms with Gasteiger partial charge in [0.2, 0.25) is 5.91 Å². The molecular formula is C15H13ClN2O3S. The Morgan fingerprint density at radius 2 is 2.18 bits per heavy atom. The number of halogens is 1. The fourth-order valence-corrected chi connectivity index (χ4v) is 2.93. The first-order chi connectivity index (χ1) is 10.5. The number of non-ortho nitro benzene ring substituents is 1. The highest BCUT2D eigenvalue weighted by atomic mass is 35.5. The van der Waals surface area contributed by atoms with Crippen LogP contribution in [0.3, 0.4) is 0 Å². The smallest absolute Gasteiger partial charge is 0.270 e. The molecule has 0 N–H and O–H groups in total. The lowest BCUT2D eigenvalue weighted by Gasteiger charge is -2.13. The molecule has 0 fully saturated rings. The maximum absolute atomic E-state index is 12.0. The van der Waals surface area contributed by atoms with Crippen LogP contribution in [0.1, 0.15) is 10.4 Å². The molecule has 22 heavy (non-hydrogen) atoms. The minimum Gasteiger partial charge on any atom is -0.337 e. The Labute approximate surface area is 136 Å². The average Bonchev–Trinajstić information content (AvgIpc) is 2.90. The predicted octanol–water partition coefficient (Wildman–Crippen LogP) is 3.98. The number of likely N-dealkylation sites (N-methyl/N-ethyl adjacent to an activating group) is 1.